The van der Waals surface area contributed by atoms with Crippen molar-refractivity contribution in [3.8, 4) is 11.9 Å². The Bertz CT molecular complexity index is 733. The van der Waals surface area contributed by atoms with Gasteiger partial charge >= 0.3 is 0 Å². The molecule has 7 heteroatoms. The van der Waals surface area contributed by atoms with Gasteiger partial charge in [-0.15, -0.1) is 0 Å². The summed E-state index contributed by atoms with van der Waals surface area (Å²) in [4.78, 5) is 1.41. The third-order valence-corrected chi connectivity index (χ3v) is 6.53. The summed E-state index contributed by atoms with van der Waals surface area (Å²) in [7, 11) is 0. The number of fused-ring (bicyclic) bond motifs is 3. The lowest BCUT2D eigenvalue weighted by atomic mass is 9.56. The summed E-state index contributed by atoms with van der Waals surface area (Å²) >= 11 is 5.89. The van der Waals surface area contributed by atoms with E-state index in [1.807, 2.05) is 0 Å². The van der Waals surface area contributed by atoms with E-state index in [1.54, 1.807) is 38.1 Å². The molecule has 1 aromatic rings. The van der Waals surface area contributed by atoms with Gasteiger partial charge in [-0.25, -0.2) is 8.78 Å². The first-order valence-electron chi connectivity index (χ1n) is 9.16. The van der Waals surface area contributed by atoms with Crippen LogP contribution in [0, 0.1) is 22.3 Å². The molecule has 0 aromatic heterocycles. The fourth-order valence-corrected chi connectivity index (χ4v) is 4.49. The Labute approximate surface area is 163 Å². The number of nitrogens with zero attached hydrogens (tertiary/aromatic N) is 2. The SMILES string of the molecule is CC(C)(Oc1ccc(Cl)cc1)C(=N)N(C#N)C12CCC(C(F)F)(CC1)CC2. The van der Waals surface area contributed by atoms with Gasteiger partial charge in [-0.1, -0.05) is 11.6 Å². The monoisotopic (exact) mass is 395 g/mol. The van der Waals surface area contributed by atoms with Crippen molar-refractivity contribution in [2.24, 2.45) is 5.41 Å². The van der Waals surface area contributed by atoms with Gasteiger partial charge in [0.25, 0.3) is 0 Å². The molecule has 1 aromatic carbocycles. The fourth-order valence-electron chi connectivity index (χ4n) is 4.37. The van der Waals surface area contributed by atoms with Gasteiger partial charge in [-0.3, -0.25) is 10.3 Å². The predicted molar refractivity (Wildman–Crippen MR) is 100 cm³/mol. The van der Waals surface area contributed by atoms with Crippen molar-refractivity contribution in [1.29, 1.82) is 10.7 Å². The molecule has 0 saturated heterocycles. The lowest BCUT2D eigenvalue weighted by molar-refractivity contribution is -0.102. The summed E-state index contributed by atoms with van der Waals surface area (Å²) in [5, 5.41) is 19.1. The molecule has 4 rings (SSSR count). The first-order chi connectivity index (χ1) is 12.6. The van der Waals surface area contributed by atoms with E-state index in [2.05, 4.69) is 6.19 Å². The molecular formula is C20H24ClF2N3O. The van der Waals surface area contributed by atoms with Crippen LogP contribution in [0.25, 0.3) is 0 Å². The van der Waals surface area contributed by atoms with E-state index in [0.29, 0.717) is 49.3 Å². The highest BCUT2D eigenvalue weighted by Gasteiger charge is 2.56. The van der Waals surface area contributed by atoms with Crippen LogP contribution in [-0.2, 0) is 0 Å². The number of benzene rings is 1. The summed E-state index contributed by atoms with van der Waals surface area (Å²) in [6.07, 6.45) is 2.53. The summed E-state index contributed by atoms with van der Waals surface area (Å²) < 4.78 is 32.9. The van der Waals surface area contributed by atoms with Crippen molar-refractivity contribution < 1.29 is 13.5 Å². The van der Waals surface area contributed by atoms with Crippen molar-refractivity contribution in [2.45, 2.75) is 69.9 Å². The normalized spacial score (nSPS) is 27.3. The zero-order valence-corrected chi connectivity index (χ0v) is 16.3. The molecule has 0 spiro atoms. The third kappa shape index (κ3) is 3.50. The minimum atomic E-state index is -2.32. The van der Waals surface area contributed by atoms with Crippen LogP contribution in [0.15, 0.2) is 24.3 Å². The second-order valence-corrected chi connectivity index (χ2v) is 8.67. The van der Waals surface area contributed by atoms with Crippen LogP contribution in [0.1, 0.15) is 52.4 Å². The number of amidine groups is 1. The molecular weight excluding hydrogens is 372 g/mol. The maximum Gasteiger partial charge on any atom is 0.244 e. The maximum atomic E-state index is 13.5. The molecule has 3 aliphatic carbocycles. The number of nitrogens with one attached hydrogen (secondary N) is 1. The molecule has 2 bridgehead atoms. The van der Waals surface area contributed by atoms with Gasteiger partial charge < -0.3 is 4.74 Å². The van der Waals surface area contributed by atoms with Crippen molar-refractivity contribution in [1.82, 2.24) is 4.90 Å². The number of hydrogen-bond donors (Lipinski definition) is 1. The molecule has 3 saturated carbocycles. The fraction of sp³-hybridized carbons (Fsp3) is 0.600. The Morgan fingerprint density at radius 2 is 1.70 bits per heavy atom. The molecule has 3 aliphatic rings. The lowest BCUT2D eigenvalue weighted by Crippen LogP contribution is -2.61. The number of halogens is 3. The molecule has 0 heterocycles. The van der Waals surface area contributed by atoms with Crippen LogP contribution in [-0.4, -0.2) is 28.3 Å². The highest BCUT2D eigenvalue weighted by Crippen LogP contribution is 2.57. The minimum Gasteiger partial charge on any atom is -0.480 e. The van der Waals surface area contributed by atoms with Crippen LogP contribution < -0.4 is 4.74 Å². The van der Waals surface area contributed by atoms with Gasteiger partial charge in [0.15, 0.2) is 17.6 Å². The Kier molecular flexibility index (Phi) is 5.11. The van der Waals surface area contributed by atoms with Crippen molar-refractivity contribution >= 4 is 17.4 Å². The van der Waals surface area contributed by atoms with E-state index >= 15 is 0 Å². The average Bonchev–Trinajstić information content (AvgIpc) is 2.65. The highest BCUT2D eigenvalue weighted by atomic mass is 35.5. The minimum absolute atomic E-state index is 0.0476. The Morgan fingerprint density at radius 1 is 1.19 bits per heavy atom. The molecule has 0 radical (unpaired) electrons. The van der Waals surface area contributed by atoms with Gasteiger partial charge in [0.1, 0.15) is 5.75 Å². The molecule has 0 unspecified atom stereocenters. The second kappa shape index (κ2) is 6.94. The van der Waals surface area contributed by atoms with Gasteiger partial charge in [0.05, 0.1) is 5.54 Å². The maximum absolute atomic E-state index is 13.5. The quantitative estimate of drug-likeness (QED) is 0.305. The van der Waals surface area contributed by atoms with Crippen LogP contribution >= 0.6 is 11.6 Å². The van der Waals surface area contributed by atoms with Crippen LogP contribution in [0.4, 0.5) is 8.78 Å². The molecule has 4 nitrogen and oxygen atoms in total. The van der Waals surface area contributed by atoms with E-state index in [-0.39, 0.29) is 5.84 Å². The molecule has 27 heavy (non-hydrogen) atoms. The van der Waals surface area contributed by atoms with E-state index in [1.165, 1.54) is 4.90 Å². The first kappa shape index (κ1) is 19.9. The van der Waals surface area contributed by atoms with Gasteiger partial charge in [-0.2, -0.15) is 5.26 Å². The van der Waals surface area contributed by atoms with E-state index in [0.717, 1.165) is 0 Å². The molecule has 146 valence electrons. The van der Waals surface area contributed by atoms with Gasteiger partial charge in [0, 0.05) is 10.4 Å². The number of ether oxygens (including phenoxy) is 1. The van der Waals surface area contributed by atoms with Gasteiger partial charge in [-0.05, 0) is 76.6 Å². The standard InChI is InChI=1S/C20H24ClF2N3O/c1-18(2,27-15-5-3-14(21)4-6-15)17(25)26(13-24)20-10-7-19(8-11-20,9-12-20)16(22)23/h3-6,16,25H,7-12H2,1-2H3. The largest absolute Gasteiger partial charge is 0.480 e. The molecule has 1 N–H and O–H groups in total. The summed E-state index contributed by atoms with van der Waals surface area (Å²) in [6, 6.07) is 6.82. The van der Waals surface area contributed by atoms with Crippen LogP contribution in [0.3, 0.4) is 0 Å². The molecule has 0 amide bonds. The summed E-state index contributed by atoms with van der Waals surface area (Å²) in [6.45, 7) is 3.47. The predicted octanol–water partition coefficient (Wildman–Crippen LogP) is 5.62. The number of nitriles is 1. The highest BCUT2D eigenvalue weighted by molar-refractivity contribution is 6.30. The number of alkyl halides is 2. The van der Waals surface area contributed by atoms with Crippen LogP contribution in [0.2, 0.25) is 5.02 Å². The topological polar surface area (TPSA) is 60.1 Å². The van der Waals surface area contributed by atoms with Gasteiger partial charge in [0.2, 0.25) is 6.43 Å². The summed E-state index contributed by atoms with van der Waals surface area (Å²) in [5.74, 6) is 0.597. The van der Waals surface area contributed by atoms with Crippen molar-refractivity contribution in [2.75, 3.05) is 0 Å². The third-order valence-electron chi connectivity index (χ3n) is 6.28. The Hall–Kier alpha value is -1.87. The zero-order valence-electron chi connectivity index (χ0n) is 15.6. The average molecular weight is 396 g/mol. The Morgan fingerprint density at radius 3 is 2.15 bits per heavy atom. The smallest absolute Gasteiger partial charge is 0.244 e. The molecule has 3 fully saturated rings. The van der Waals surface area contributed by atoms with E-state index < -0.39 is 23.0 Å². The van der Waals surface area contributed by atoms with Crippen LogP contribution in [0.5, 0.6) is 5.75 Å². The first-order valence-corrected chi connectivity index (χ1v) is 9.54. The number of rotatable bonds is 5. The van der Waals surface area contributed by atoms with Crippen molar-refractivity contribution in [3.63, 3.8) is 0 Å². The van der Waals surface area contributed by atoms with Crippen molar-refractivity contribution in [3.05, 3.63) is 29.3 Å². The van der Waals surface area contributed by atoms with E-state index in [9.17, 15) is 14.0 Å². The Balaban J connectivity index is 1.78. The molecule has 0 atom stereocenters. The zero-order chi connectivity index (χ0) is 19.9. The molecule has 0 aliphatic heterocycles. The lowest BCUT2D eigenvalue weighted by Gasteiger charge is -2.56. The number of hydrogen-bond acceptors (Lipinski definition) is 3. The second-order valence-electron chi connectivity index (χ2n) is 8.24. The summed E-state index contributed by atoms with van der Waals surface area (Å²) in [5.41, 5.74) is -2.50. The van der Waals surface area contributed by atoms with E-state index in [4.69, 9.17) is 21.7 Å².